The molecular weight excluding hydrogens is 230 g/mol. The van der Waals surface area contributed by atoms with Gasteiger partial charge in [0.05, 0.1) is 0 Å². The Balaban J connectivity index is 2.05. The Bertz CT molecular complexity index is 453. The van der Waals surface area contributed by atoms with E-state index in [1.807, 2.05) is 11.0 Å². The molecule has 0 aliphatic carbocycles. The number of carbonyl (C=O) groups is 1. The Kier molecular flexibility index (Phi) is 3.92. The SMILES string of the molecule is CC(C(=O)N1CCCCCC1)n1cnc(C#N)n1. The van der Waals surface area contributed by atoms with E-state index in [1.165, 1.54) is 23.9 Å². The minimum atomic E-state index is -0.391. The molecule has 6 heteroatoms. The highest BCUT2D eigenvalue weighted by atomic mass is 16.2. The fourth-order valence-electron chi connectivity index (χ4n) is 2.18. The molecule has 1 aromatic heterocycles. The Labute approximate surface area is 106 Å². The average Bonchev–Trinajstić information content (AvgIpc) is 2.71. The van der Waals surface area contributed by atoms with Crippen molar-refractivity contribution in [3.8, 4) is 6.07 Å². The van der Waals surface area contributed by atoms with Crippen molar-refractivity contribution in [2.45, 2.75) is 38.6 Å². The molecule has 0 radical (unpaired) electrons. The Morgan fingerprint density at radius 1 is 1.39 bits per heavy atom. The standard InChI is InChI=1S/C12H17N5O/c1-10(17-9-14-11(8-13)15-17)12(18)16-6-4-2-3-5-7-16/h9-10H,2-7H2,1H3. The Hall–Kier alpha value is -1.90. The lowest BCUT2D eigenvalue weighted by molar-refractivity contribution is -0.134. The lowest BCUT2D eigenvalue weighted by Crippen LogP contribution is -2.37. The van der Waals surface area contributed by atoms with Gasteiger partial charge < -0.3 is 4.90 Å². The molecule has 0 aromatic carbocycles. The van der Waals surface area contributed by atoms with Crippen LogP contribution in [0.15, 0.2) is 6.33 Å². The zero-order valence-corrected chi connectivity index (χ0v) is 10.5. The highest BCUT2D eigenvalue weighted by Crippen LogP contribution is 2.14. The molecule has 1 aromatic rings. The average molecular weight is 247 g/mol. The van der Waals surface area contributed by atoms with E-state index in [2.05, 4.69) is 10.1 Å². The summed E-state index contributed by atoms with van der Waals surface area (Å²) in [6.07, 6.45) is 5.97. The van der Waals surface area contributed by atoms with Crippen molar-refractivity contribution in [3.63, 3.8) is 0 Å². The van der Waals surface area contributed by atoms with E-state index < -0.39 is 6.04 Å². The molecule has 1 atom stereocenters. The number of hydrogen-bond acceptors (Lipinski definition) is 4. The fraction of sp³-hybridized carbons (Fsp3) is 0.667. The molecular formula is C12H17N5O. The smallest absolute Gasteiger partial charge is 0.252 e. The van der Waals surface area contributed by atoms with Crippen LogP contribution in [0.1, 0.15) is 44.5 Å². The van der Waals surface area contributed by atoms with Crippen LogP contribution >= 0.6 is 0 Å². The molecule has 0 spiro atoms. The van der Waals surface area contributed by atoms with E-state index in [9.17, 15) is 4.79 Å². The second-order valence-electron chi connectivity index (χ2n) is 4.58. The van der Waals surface area contributed by atoms with E-state index in [0.717, 1.165) is 25.9 Å². The minimum Gasteiger partial charge on any atom is -0.341 e. The largest absolute Gasteiger partial charge is 0.341 e. The van der Waals surface area contributed by atoms with Crippen molar-refractivity contribution < 1.29 is 4.79 Å². The van der Waals surface area contributed by atoms with Crippen molar-refractivity contribution >= 4 is 5.91 Å². The van der Waals surface area contributed by atoms with E-state index in [-0.39, 0.29) is 11.7 Å². The van der Waals surface area contributed by atoms with Gasteiger partial charge in [0.1, 0.15) is 18.4 Å². The van der Waals surface area contributed by atoms with Crippen molar-refractivity contribution in [1.82, 2.24) is 19.7 Å². The monoisotopic (exact) mass is 247 g/mol. The zero-order valence-electron chi connectivity index (χ0n) is 10.5. The van der Waals surface area contributed by atoms with Crippen molar-refractivity contribution in [3.05, 3.63) is 12.2 Å². The summed E-state index contributed by atoms with van der Waals surface area (Å²) in [5, 5.41) is 12.6. The summed E-state index contributed by atoms with van der Waals surface area (Å²) in [6.45, 7) is 3.44. The first-order valence-corrected chi connectivity index (χ1v) is 6.32. The quantitative estimate of drug-likeness (QED) is 0.784. The van der Waals surface area contributed by atoms with Gasteiger partial charge in [-0.1, -0.05) is 12.8 Å². The molecule has 1 aliphatic heterocycles. The maximum absolute atomic E-state index is 12.3. The molecule has 1 saturated heterocycles. The highest BCUT2D eigenvalue weighted by molar-refractivity contribution is 5.79. The molecule has 1 unspecified atom stereocenters. The number of hydrogen-bond donors (Lipinski definition) is 0. The number of nitrogens with zero attached hydrogens (tertiary/aromatic N) is 5. The van der Waals surface area contributed by atoms with Crippen LogP contribution < -0.4 is 0 Å². The normalized spacial score (nSPS) is 17.9. The number of carbonyl (C=O) groups excluding carboxylic acids is 1. The maximum atomic E-state index is 12.3. The Morgan fingerprint density at radius 3 is 2.61 bits per heavy atom. The van der Waals surface area contributed by atoms with E-state index in [1.54, 1.807) is 6.92 Å². The van der Waals surface area contributed by atoms with Gasteiger partial charge in [0.2, 0.25) is 5.91 Å². The number of rotatable bonds is 2. The molecule has 1 fully saturated rings. The lowest BCUT2D eigenvalue weighted by Gasteiger charge is -2.23. The number of nitriles is 1. The van der Waals surface area contributed by atoms with Crippen LogP contribution in [-0.4, -0.2) is 38.7 Å². The van der Waals surface area contributed by atoms with Crippen LogP contribution in [-0.2, 0) is 4.79 Å². The van der Waals surface area contributed by atoms with Crippen LogP contribution in [0.4, 0.5) is 0 Å². The summed E-state index contributed by atoms with van der Waals surface area (Å²) in [5.74, 6) is 0.164. The summed E-state index contributed by atoms with van der Waals surface area (Å²) in [5.41, 5.74) is 0. The second kappa shape index (κ2) is 5.63. The number of amides is 1. The molecule has 1 amide bonds. The predicted molar refractivity (Wildman–Crippen MR) is 64.5 cm³/mol. The predicted octanol–water partition coefficient (Wildman–Crippen LogP) is 1.11. The molecule has 2 rings (SSSR count). The van der Waals surface area contributed by atoms with Gasteiger partial charge >= 0.3 is 0 Å². The first-order valence-electron chi connectivity index (χ1n) is 6.32. The minimum absolute atomic E-state index is 0.0614. The van der Waals surface area contributed by atoms with Gasteiger partial charge in [-0.15, -0.1) is 5.10 Å². The van der Waals surface area contributed by atoms with Crippen LogP contribution in [0.25, 0.3) is 0 Å². The summed E-state index contributed by atoms with van der Waals surface area (Å²) >= 11 is 0. The first-order chi connectivity index (χ1) is 8.72. The fourth-order valence-corrected chi connectivity index (χ4v) is 2.18. The zero-order chi connectivity index (χ0) is 13.0. The molecule has 18 heavy (non-hydrogen) atoms. The summed E-state index contributed by atoms with van der Waals surface area (Å²) in [4.78, 5) is 18.0. The second-order valence-corrected chi connectivity index (χ2v) is 4.58. The first kappa shape index (κ1) is 12.6. The van der Waals surface area contributed by atoms with Gasteiger partial charge in [-0.2, -0.15) is 5.26 Å². The van der Waals surface area contributed by atoms with Crippen LogP contribution in [0.2, 0.25) is 0 Å². The van der Waals surface area contributed by atoms with Crippen molar-refractivity contribution in [1.29, 1.82) is 5.26 Å². The van der Waals surface area contributed by atoms with Gasteiger partial charge in [0, 0.05) is 13.1 Å². The van der Waals surface area contributed by atoms with Crippen LogP contribution in [0.5, 0.6) is 0 Å². The van der Waals surface area contributed by atoms with Crippen LogP contribution in [0, 0.1) is 11.3 Å². The number of aromatic nitrogens is 3. The van der Waals surface area contributed by atoms with Gasteiger partial charge in [-0.25, -0.2) is 9.67 Å². The summed E-state index contributed by atoms with van der Waals surface area (Å²) < 4.78 is 1.46. The molecule has 1 aliphatic rings. The van der Waals surface area contributed by atoms with Crippen molar-refractivity contribution in [2.75, 3.05) is 13.1 Å². The Morgan fingerprint density at radius 2 is 2.06 bits per heavy atom. The lowest BCUT2D eigenvalue weighted by atomic mass is 10.2. The molecule has 0 saturated carbocycles. The van der Waals surface area contributed by atoms with Crippen molar-refractivity contribution in [2.24, 2.45) is 0 Å². The van der Waals surface area contributed by atoms with E-state index in [4.69, 9.17) is 5.26 Å². The molecule has 6 nitrogen and oxygen atoms in total. The van der Waals surface area contributed by atoms with E-state index >= 15 is 0 Å². The third-order valence-corrected chi connectivity index (χ3v) is 3.28. The van der Waals surface area contributed by atoms with E-state index in [0.29, 0.717) is 0 Å². The summed E-state index contributed by atoms with van der Waals surface area (Å²) in [7, 11) is 0. The molecule has 96 valence electrons. The van der Waals surface area contributed by atoms with Gasteiger partial charge in [0.25, 0.3) is 5.82 Å². The molecule has 0 N–H and O–H groups in total. The van der Waals surface area contributed by atoms with Gasteiger partial charge in [0.15, 0.2) is 0 Å². The summed E-state index contributed by atoms with van der Waals surface area (Å²) in [6, 6.07) is 1.47. The number of likely N-dealkylation sites (tertiary alicyclic amines) is 1. The van der Waals surface area contributed by atoms with Crippen LogP contribution in [0.3, 0.4) is 0 Å². The molecule has 2 heterocycles. The third kappa shape index (κ3) is 2.67. The van der Waals surface area contributed by atoms with Gasteiger partial charge in [-0.05, 0) is 19.8 Å². The van der Waals surface area contributed by atoms with Gasteiger partial charge in [-0.3, -0.25) is 4.79 Å². The highest BCUT2D eigenvalue weighted by Gasteiger charge is 2.23. The topological polar surface area (TPSA) is 74.8 Å². The third-order valence-electron chi connectivity index (χ3n) is 3.28. The maximum Gasteiger partial charge on any atom is 0.252 e. The molecule has 0 bridgehead atoms.